The van der Waals surface area contributed by atoms with Gasteiger partial charge in [-0.15, -0.1) is 0 Å². The highest BCUT2D eigenvalue weighted by atomic mass is 14.8. The van der Waals surface area contributed by atoms with E-state index in [1.165, 1.54) is 32.1 Å². The third kappa shape index (κ3) is 6.45. The minimum absolute atomic E-state index is 0.00606. The van der Waals surface area contributed by atoms with E-state index < -0.39 is 0 Å². The minimum Gasteiger partial charge on any atom is -0.325 e. The Balaban J connectivity index is 4.15. The van der Waals surface area contributed by atoms with Crippen LogP contribution >= 0.6 is 0 Å². The van der Waals surface area contributed by atoms with Gasteiger partial charge < -0.3 is 5.73 Å². The second-order valence-corrected chi connectivity index (χ2v) is 7.41. The highest BCUT2D eigenvalue weighted by Gasteiger charge is 2.31. The van der Waals surface area contributed by atoms with E-state index in [4.69, 9.17) is 5.73 Å². The molecule has 0 aromatic carbocycles. The van der Waals surface area contributed by atoms with Crippen LogP contribution in [-0.4, -0.2) is 5.54 Å². The van der Waals surface area contributed by atoms with Gasteiger partial charge in [-0.3, -0.25) is 0 Å². The van der Waals surface area contributed by atoms with E-state index in [2.05, 4.69) is 48.5 Å². The minimum atomic E-state index is -0.00606. The van der Waals surface area contributed by atoms with E-state index in [9.17, 15) is 0 Å². The summed E-state index contributed by atoms with van der Waals surface area (Å²) < 4.78 is 0. The van der Waals surface area contributed by atoms with Crippen LogP contribution in [0.3, 0.4) is 0 Å². The van der Waals surface area contributed by atoms with Crippen molar-refractivity contribution in [1.29, 1.82) is 0 Å². The van der Waals surface area contributed by atoms with E-state index in [-0.39, 0.29) is 5.54 Å². The van der Waals surface area contributed by atoms with Crippen LogP contribution in [-0.2, 0) is 0 Å². The zero-order valence-corrected chi connectivity index (χ0v) is 13.3. The Morgan fingerprint density at radius 1 is 0.941 bits per heavy atom. The Labute approximate surface area is 110 Å². The zero-order valence-electron chi connectivity index (χ0n) is 13.3. The molecule has 0 aliphatic heterocycles. The van der Waals surface area contributed by atoms with Crippen LogP contribution in [0.25, 0.3) is 0 Å². The average Bonchev–Trinajstić information content (AvgIpc) is 2.15. The van der Waals surface area contributed by atoms with Crippen molar-refractivity contribution in [2.24, 2.45) is 23.0 Å². The van der Waals surface area contributed by atoms with E-state index in [1.54, 1.807) is 0 Å². The average molecular weight is 241 g/mol. The lowest BCUT2D eigenvalue weighted by molar-refractivity contribution is 0.190. The molecule has 0 heterocycles. The molecule has 2 N–H and O–H groups in total. The van der Waals surface area contributed by atoms with Gasteiger partial charge in [-0.1, -0.05) is 54.4 Å². The molecule has 0 rings (SSSR count). The molecule has 0 fully saturated rings. The highest BCUT2D eigenvalue weighted by Crippen LogP contribution is 2.31. The van der Waals surface area contributed by atoms with Gasteiger partial charge in [-0.25, -0.2) is 0 Å². The molecule has 0 radical (unpaired) electrons. The molecule has 1 nitrogen and oxygen atoms in total. The van der Waals surface area contributed by atoms with Gasteiger partial charge in [-0.2, -0.15) is 0 Å². The summed E-state index contributed by atoms with van der Waals surface area (Å²) in [5.74, 6) is 1.24. The van der Waals surface area contributed by atoms with Crippen molar-refractivity contribution < 1.29 is 0 Å². The van der Waals surface area contributed by atoms with Crippen molar-refractivity contribution in [1.82, 2.24) is 0 Å². The summed E-state index contributed by atoms with van der Waals surface area (Å²) in [5, 5.41) is 0. The van der Waals surface area contributed by atoms with Gasteiger partial charge in [0, 0.05) is 5.54 Å². The monoisotopic (exact) mass is 241 g/mol. The first-order valence-corrected chi connectivity index (χ1v) is 7.40. The fourth-order valence-electron chi connectivity index (χ4n) is 2.48. The Hall–Kier alpha value is -0.0400. The predicted molar refractivity (Wildman–Crippen MR) is 79.1 cm³/mol. The van der Waals surface area contributed by atoms with E-state index >= 15 is 0 Å². The predicted octanol–water partition coefficient (Wildman–Crippen LogP) is 4.99. The lowest BCUT2D eigenvalue weighted by Crippen LogP contribution is -2.48. The van der Waals surface area contributed by atoms with Gasteiger partial charge in [0.05, 0.1) is 0 Å². The van der Waals surface area contributed by atoms with Gasteiger partial charge in [-0.05, 0) is 43.4 Å². The van der Waals surface area contributed by atoms with Crippen LogP contribution in [0.4, 0.5) is 0 Å². The maximum absolute atomic E-state index is 6.54. The van der Waals surface area contributed by atoms with E-state index in [0.717, 1.165) is 0 Å². The van der Waals surface area contributed by atoms with Crippen molar-refractivity contribution in [3.05, 3.63) is 0 Å². The summed E-state index contributed by atoms with van der Waals surface area (Å²) in [6, 6.07) is 0. The number of rotatable bonds is 7. The van der Waals surface area contributed by atoms with Crippen LogP contribution in [0.15, 0.2) is 0 Å². The summed E-state index contributed by atoms with van der Waals surface area (Å²) in [6.07, 6.45) is 6.35. The zero-order chi connectivity index (χ0) is 13.7. The molecule has 3 atom stereocenters. The van der Waals surface area contributed by atoms with Crippen LogP contribution < -0.4 is 5.73 Å². The molecule has 0 aliphatic rings. The molecule has 0 saturated carbocycles. The van der Waals surface area contributed by atoms with Crippen molar-refractivity contribution >= 4 is 0 Å². The van der Waals surface area contributed by atoms with Crippen molar-refractivity contribution in [2.45, 2.75) is 86.1 Å². The van der Waals surface area contributed by atoms with Crippen LogP contribution in [0.2, 0.25) is 0 Å². The SMILES string of the molecule is CCCC(C)C(C)(N)C(C)CCCC(C)(C)C. The van der Waals surface area contributed by atoms with Gasteiger partial charge in [0.15, 0.2) is 0 Å². The molecule has 0 aromatic heterocycles. The smallest absolute Gasteiger partial charge is 0.0177 e. The van der Waals surface area contributed by atoms with Gasteiger partial charge in [0.25, 0.3) is 0 Å². The van der Waals surface area contributed by atoms with Crippen LogP contribution in [0.1, 0.15) is 80.6 Å². The van der Waals surface area contributed by atoms with Crippen molar-refractivity contribution in [2.75, 3.05) is 0 Å². The summed E-state index contributed by atoms with van der Waals surface area (Å²) in [6.45, 7) is 16.1. The van der Waals surface area contributed by atoms with Crippen LogP contribution in [0.5, 0.6) is 0 Å². The number of hydrogen-bond donors (Lipinski definition) is 1. The molecule has 0 spiro atoms. The van der Waals surface area contributed by atoms with E-state index in [1.807, 2.05) is 0 Å². The molecule has 1 heteroatoms. The van der Waals surface area contributed by atoms with Crippen molar-refractivity contribution in [3.63, 3.8) is 0 Å². The Bertz CT molecular complexity index is 200. The van der Waals surface area contributed by atoms with Crippen LogP contribution in [0, 0.1) is 17.3 Å². The molecule has 0 amide bonds. The summed E-state index contributed by atoms with van der Waals surface area (Å²) in [5.41, 5.74) is 6.99. The molecule has 17 heavy (non-hydrogen) atoms. The molecule has 104 valence electrons. The summed E-state index contributed by atoms with van der Waals surface area (Å²) in [4.78, 5) is 0. The van der Waals surface area contributed by atoms with Gasteiger partial charge >= 0.3 is 0 Å². The van der Waals surface area contributed by atoms with Gasteiger partial charge in [0.1, 0.15) is 0 Å². The third-order valence-electron chi connectivity index (χ3n) is 4.41. The second kappa shape index (κ2) is 6.78. The Morgan fingerprint density at radius 3 is 1.82 bits per heavy atom. The normalized spacial score (nSPS) is 19.8. The molecular formula is C16H35N. The molecule has 0 bridgehead atoms. The maximum Gasteiger partial charge on any atom is 0.0177 e. The largest absolute Gasteiger partial charge is 0.325 e. The Kier molecular flexibility index (Phi) is 6.76. The van der Waals surface area contributed by atoms with E-state index in [0.29, 0.717) is 17.3 Å². The first-order valence-electron chi connectivity index (χ1n) is 7.40. The maximum atomic E-state index is 6.54. The lowest BCUT2D eigenvalue weighted by Gasteiger charge is -2.38. The summed E-state index contributed by atoms with van der Waals surface area (Å²) in [7, 11) is 0. The highest BCUT2D eigenvalue weighted by molar-refractivity contribution is 4.89. The standard InChI is InChI=1S/C16H35N/c1-8-10-13(2)16(7,17)14(3)11-9-12-15(4,5)6/h13-14H,8-12,17H2,1-7H3. The topological polar surface area (TPSA) is 26.0 Å². The Morgan fingerprint density at radius 2 is 1.41 bits per heavy atom. The fourth-order valence-corrected chi connectivity index (χ4v) is 2.48. The molecule has 0 aliphatic carbocycles. The third-order valence-corrected chi connectivity index (χ3v) is 4.41. The number of hydrogen-bond acceptors (Lipinski definition) is 1. The molecular weight excluding hydrogens is 206 g/mol. The molecule has 3 unspecified atom stereocenters. The molecule has 0 aromatic rings. The van der Waals surface area contributed by atoms with Gasteiger partial charge in [0.2, 0.25) is 0 Å². The first kappa shape index (κ1) is 17.0. The lowest BCUT2D eigenvalue weighted by atomic mass is 9.73. The number of nitrogens with two attached hydrogens (primary N) is 1. The fraction of sp³-hybridized carbons (Fsp3) is 1.00. The van der Waals surface area contributed by atoms with Crippen molar-refractivity contribution in [3.8, 4) is 0 Å². The quantitative estimate of drug-likeness (QED) is 0.667. The second-order valence-electron chi connectivity index (χ2n) is 7.41. The first-order chi connectivity index (χ1) is 7.61. The molecule has 0 saturated heterocycles. The summed E-state index contributed by atoms with van der Waals surface area (Å²) >= 11 is 0.